The van der Waals surface area contributed by atoms with Crippen molar-refractivity contribution in [2.75, 3.05) is 13.1 Å². The second kappa shape index (κ2) is 4.93. The van der Waals surface area contributed by atoms with Crippen LogP contribution in [0, 0.1) is 18.3 Å². The maximum atomic E-state index is 12.2. The molecule has 4 nitrogen and oxygen atoms in total. The molecule has 3 rings (SSSR count). The molecule has 0 bridgehead atoms. The highest BCUT2D eigenvalue weighted by atomic mass is 16.2. The van der Waals surface area contributed by atoms with E-state index in [1.807, 2.05) is 25.1 Å². The summed E-state index contributed by atoms with van der Waals surface area (Å²) in [5.74, 6) is 0.449. The highest BCUT2D eigenvalue weighted by molar-refractivity contribution is 5.82. The lowest BCUT2D eigenvalue weighted by atomic mass is 9.92. The van der Waals surface area contributed by atoms with Crippen molar-refractivity contribution in [1.82, 2.24) is 15.6 Å². The first-order valence-electron chi connectivity index (χ1n) is 7.11. The molecule has 102 valence electrons. The second-order valence-electron chi connectivity index (χ2n) is 5.86. The summed E-state index contributed by atoms with van der Waals surface area (Å²) in [6.07, 6.45) is 3.36. The molecule has 1 amide bonds. The Kier molecular flexibility index (Phi) is 3.27. The molecule has 0 radical (unpaired) electrons. The van der Waals surface area contributed by atoms with Crippen molar-refractivity contribution >= 4 is 5.91 Å². The molecule has 0 aromatic carbocycles. The summed E-state index contributed by atoms with van der Waals surface area (Å²) < 4.78 is 0. The number of aromatic nitrogens is 1. The first-order valence-corrected chi connectivity index (χ1v) is 7.11. The van der Waals surface area contributed by atoms with E-state index >= 15 is 0 Å². The number of pyridine rings is 1. The predicted octanol–water partition coefficient (Wildman–Crippen LogP) is 1.40. The largest absolute Gasteiger partial charge is 0.350 e. The Hall–Kier alpha value is -1.42. The van der Waals surface area contributed by atoms with Crippen LogP contribution in [-0.2, 0) is 11.3 Å². The number of carbonyl (C=O) groups excluding carboxylic acids is 1. The van der Waals surface area contributed by atoms with Gasteiger partial charge < -0.3 is 10.6 Å². The Morgan fingerprint density at radius 2 is 2.26 bits per heavy atom. The monoisotopic (exact) mass is 259 g/mol. The Morgan fingerprint density at radius 3 is 3.00 bits per heavy atom. The molecular weight excluding hydrogens is 238 g/mol. The van der Waals surface area contributed by atoms with Gasteiger partial charge >= 0.3 is 0 Å². The van der Waals surface area contributed by atoms with Crippen LogP contribution in [0.4, 0.5) is 0 Å². The molecule has 1 saturated carbocycles. The van der Waals surface area contributed by atoms with Gasteiger partial charge in [0.2, 0.25) is 5.91 Å². The van der Waals surface area contributed by atoms with Crippen LogP contribution in [0.5, 0.6) is 0 Å². The lowest BCUT2D eigenvalue weighted by Crippen LogP contribution is -2.33. The first kappa shape index (κ1) is 12.6. The molecule has 1 unspecified atom stereocenters. The van der Waals surface area contributed by atoms with Crippen molar-refractivity contribution in [3.05, 3.63) is 29.6 Å². The third-order valence-electron chi connectivity index (χ3n) is 4.50. The molecule has 1 aromatic rings. The summed E-state index contributed by atoms with van der Waals surface area (Å²) in [7, 11) is 0. The van der Waals surface area contributed by atoms with E-state index in [1.54, 1.807) is 0 Å². The topological polar surface area (TPSA) is 54.0 Å². The zero-order valence-electron chi connectivity index (χ0n) is 11.4. The summed E-state index contributed by atoms with van der Waals surface area (Å²) in [6, 6.07) is 5.91. The van der Waals surface area contributed by atoms with Gasteiger partial charge in [0.1, 0.15) is 0 Å². The Bertz CT molecular complexity index is 480. The summed E-state index contributed by atoms with van der Waals surface area (Å²) in [4.78, 5) is 16.6. The average Bonchev–Trinajstić information content (AvgIpc) is 3.10. The molecular formula is C15H21N3O. The van der Waals surface area contributed by atoms with Gasteiger partial charge in [0.25, 0.3) is 0 Å². The molecule has 19 heavy (non-hydrogen) atoms. The highest BCUT2D eigenvalue weighted by Gasteiger charge is 2.57. The van der Waals surface area contributed by atoms with Gasteiger partial charge in [-0.2, -0.15) is 0 Å². The van der Waals surface area contributed by atoms with Crippen molar-refractivity contribution in [3.8, 4) is 0 Å². The Labute approximate surface area is 114 Å². The first-order chi connectivity index (χ1) is 9.20. The maximum absolute atomic E-state index is 12.2. The molecule has 1 spiro atoms. The molecule has 1 atom stereocenters. The average molecular weight is 259 g/mol. The number of carbonyl (C=O) groups is 1. The number of hydrogen-bond donors (Lipinski definition) is 2. The zero-order chi connectivity index (χ0) is 13.3. The van der Waals surface area contributed by atoms with Crippen LogP contribution in [0.15, 0.2) is 18.2 Å². The lowest BCUT2D eigenvalue weighted by Gasteiger charge is -2.23. The van der Waals surface area contributed by atoms with Crippen LogP contribution in [0.3, 0.4) is 0 Å². The minimum absolute atomic E-state index is 0.213. The van der Waals surface area contributed by atoms with Crippen LogP contribution in [0.1, 0.15) is 30.7 Å². The summed E-state index contributed by atoms with van der Waals surface area (Å²) >= 11 is 0. The quantitative estimate of drug-likeness (QED) is 0.862. The van der Waals surface area contributed by atoms with E-state index in [9.17, 15) is 4.79 Å². The van der Waals surface area contributed by atoms with Gasteiger partial charge in [0.15, 0.2) is 0 Å². The van der Waals surface area contributed by atoms with Gasteiger partial charge in [-0.1, -0.05) is 6.07 Å². The van der Waals surface area contributed by atoms with Gasteiger partial charge in [-0.15, -0.1) is 0 Å². The third-order valence-corrected chi connectivity index (χ3v) is 4.50. The fourth-order valence-electron chi connectivity index (χ4n) is 3.19. The molecule has 1 saturated heterocycles. The van der Waals surface area contributed by atoms with E-state index in [4.69, 9.17) is 0 Å². The van der Waals surface area contributed by atoms with Crippen molar-refractivity contribution in [2.45, 2.75) is 32.7 Å². The van der Waals surface area contributed by atoms with Crippen LogP contribution < -0.4 is 10.6 Å². The van der Waals surface area contributed by atoms with E-state index in [1.165, 1.54) is 0 Å². The molecule has 1 aromatic heterocycles. The maximum Gasteiger partial charge on any atom is 0.224 e. The predicted molar refractivity (Wildman–Crippen MR) is 73.5 cm³/mol. The Morgan fingerprint density at radius 1 is 1.47 bits per heavy atom. The van der Waals surface area contributed by atoms with E-state index < -0.39 is 0 Å². The third kappa shape index (κ3) is 2.63. The number of nitrogens with one attached hydrogen (secondary N) is 2. The number of hydrogen-bond acceptors (Lipinski definition) is 3. The van der Waals surface area contributed by atoms with Gasteiger partial charge in [-0.05, 0) is 56.8 Å². The summed E-state index contributed by atoms with van der Waals surface area (Å²) in [5.41, 5.74) is 2.25. The standard InChI is InChI=1S/C15H21N3O/c1-11-3-2-4-12(18-11)10-17-14(19)13-9-15(13)5-7-16-8-6-15/h2-4,13,16H,5-10H2,1H3,(H,17,19). The van der Waals surface area contributed by atoms with E-state index in [2.05, 4.69) is 15.6 Å². The zero-order valence-corrected chi connectivity index (χ0v) is 11.4. The molecule has 2 heterocycles. The van der Waals surface area contributed by atoms with Crippen LogP contribution >= 0.6 is 0 Å². The molecule has 2 N–H and O–H groups in total. The van der Waals surface area contributed by atoms with Crippen LogP contribution in [-0.4, -0.2) is 24.0 Å². The van der Waals surface area contributed by atoms with E-state index in [-0.39, 0.29) is 11.8 Å². The SMILES string of the molecule is Cc1cccc(CNC(=O)C2CC23CCNCC3)n1. The molecule has 4 heteroatoms. The minimum Gasteiger partial charge on any atom is -0.350 e. The summed E-state index contributed by atoms with van der Waals surface area (Å²) in [6.45, 7) is 4.63. The van der Waals surface area contributed by atoms with E-state index in [0.717, 1.165) is 43.7 Å². The van der Waals surface area contributed by atoms with Crippen LogP contribution in [0.2, 0.25) is 0 Å². The Balaban J connectivity index is 1.53. The fourth-order valence-corrected chi connectivity index (χ4v) is 3.19. The van der Waals surface area contributed by atoms with Gasteiger partial charge in [-0.3, -0.25) is 9.78 Å². The number of amides is 1. The van der Waals surface area contributed by atoms with Gasteiger partial charge in [-0.25, -0.2) is 0 Å². The number of nitrogens with zero attached hydrogens (tertiary/aromatic N) is 1. The van der Waals surface area contributed by atoms with Crippen molar-refractivity contribution < 1.29 is 4.79 Å². The van der Waals surface area contributed by atoms with Crippen molar-refractivity contribution in [3.63, 3.8) is 0 Å². The minimum atomic E-state index is 0.213. The van der Waals surface area contributed by atoms with Crippen molar-refractivity contribution in [1.29, 1.82) is 0 Å². The fraction of sp³-hybridized carbons (Fsp3) is 0.600. The number of aryl methyl sites for hydroxylation is 1. The second-order valence-corrected chi connectivity index (χ2v) is 5.86. The molecule has 2 aliphatic rings. The smallest absolute Gasteiger partial charge is 0.224 e. The summed E-state index contributed by atoms with van der Waals surface area (Å²) in [5, 5.41) is 6.40. The molecule has 2 fully saturated rings. The highest BCUT2D eigenvalue weighted by Crippen LogP contribution is 2.58. The van der Waals surface area contributed by atoms with Crippen molar-refractivity contribution in [2.24, 2.45) is 11.3 Å². The molecule has 1 aliphatic heterocycles. The molecule has 1 aliphatic carbocycles. The van der Waals surface area contributed by atoms with Gasteiger partial charge in [0, 0.05) is 11.6 Å². The normalized spacial score (nSPS) is 24.2. The van der Waals surface area contributed by atoms with Gasteiger partial charge in [0.05, 0.1) is 12.2 Å². The lowest BCUT2D eigenvalue weighted by molar-refractivity contribution is -0.123. The number of rotatable bonds is 3. The number of piperidine rings is 1. The van der Waals surface area contributed by atoms with Crippen LogP contribution in [0.25, 0.3) is 0 Å². The van der Waals surface area contributed by atoms with E-state index in [0.29, 0.717) is 12.0 Å².